The van der Waals surface area contributed by atoms with Gasteiger partial charge in [-0.2, -0.15) is 0 Å². The lowest BCUT2D eigenvalue weighted by molar-refractivity contribution is -0.123. The van der Waals surface area contributed by atoms with Crippen molar-refractivity contribution in [3.8, 4) is 0 Å². The van der Waals surface area contributed by atoms with Gasteiger partial charge in [-0.1, -0.05) is 30.3 Å². The van der Waals surface area contributed by atoms with E-state index >= 15 is 0 Å². The minimum atomic E-state index is -0.698. The Morgan fingerprint density at radius 2 is 1.90 bits per heavy atom. The van der Waals surface area contributed by atoms with Crippen molar-refractivity contribution < 1.29 is 18.7 Å². The zero-order chi connectivity index (χ0) is 20.5. The van der Waals surface area contributed by atoms with E-state index < -0.39 is 11.9 Å². The van der Waals surface area contributed by atoms with E-state index in [2.05, 4.69) is 16.0 Å². The van der Waals surface area contributed by atoms with Gasteiger partial charge < -0.3 is 25.1 Å². The topological polar surface area (TPSA) is 92.6 Å². The molecule has 1 atom stereocenters. The molecule has 0 radical (unpaired) electrons. The molecule has 0 saturated carbocycles. The molecule has 1 unspecified atom stereocenters. The summed E-state index contributed by atoms with van der Waals surface area (Å²) in [4.78, 5) is 25.5. The molecule has 0 bridgehead atoms. The smallest absolute Gasteiger partial charge is 0.287 e. The fourth-order valence-electron chi connectivity index (χ4n) is 3.73. The third kappa shape index (κ3) is 6.58. The number of amides is 2. The number of halogens is 1. The Hall–Kier alpha value is -2.35. The summed E-state index contributed by atoms with van der Waals surface area (Å²) >= 11 is 0. The monoisotopic (exact) mass is 435 g/mol. The molecule has 1 saturated heterocycles. The highest BCUT2D eigenvalue weighted by atomic mass is 35.5. The van der Waals surface area contributed by atoms with Crippen molar-refractivity contribution in [3.63, 3.8) is 0 Å². The first-order valence-corrected chi connectivity index (χ1v) is 9.98. The summed E-state index contributed by atoms with van der Waals surface area (Å²) in [6.07, 6.45) is 3.71. The summed E-state index contributed by atoms with van der Waals surface area (Å²) in [5.74, 6) is -0.424. The van der Waals surface area contributed by atoms with Crippen molar-refractivity contribution in [2.45, 2.75) is 25.3 Å². The molecule has 1 fully saturated rings. The number of furan rings is 1. The zero-order valence-corrected chi connectivity index (χ0v) is 18.0. The molecule has 1 aromatic carbocycles. The number of methoxy groups -OCH3 is 1. The maximum Gasteiger partial charge on any atom is 0.287 e. The van der Waals surface area contributed by atoms with Crippen molar-refractivity contribution in [2.24, 2.45) is 5.41 Å². The number of piperidine rings is 1. The minimum absolute atomic E-state index is 0. The zero-order valence-electron chi connectivity index (χ0n) is 17.2. The van der Waals surface area contributed by atoms with Gasteiger partial charge in [0.1, 0.15) is 6.04 Å². The van der Waals surface area contributed by atoms with Gasteiger partial charge in [-0.15, -0.1) is 12.4 Å². The second-order valence-electron chi connectivity index (χ2n) is 7.59. The van der Waals surface area contributed by atoms with E-state index in [9.17, 15) is 9.59 Å². The maximum atomic E-state index is 13.0. The first-order chi connectivity index (χ1) is 14.1. The van der Waals surface area contributed by atoms with Crippen LogP contribution >= 0.6 is 12.4 Å². The SMILES string of the molecule is COCC1(CNC(=O)C(Cc2ccccc2)NC(=O)c2ccco2)CCNCC1.Cl. The average Bonchev–Trinajstić information content (AvgIpc) is 3.28. The molecule has 3 rings (SSSR count). The van der Waals surface area contributed by atoms with Crippen LogP contribution in [0.3, 0.4) is 0 Å². The van der Waals surface area contributed by atoms with E-state index in [0.717, 1.165) is 31.5 Å². The fraction of sp³-hybridized carbons (Fsp3) is 0.455. The van der Waals surface area contributed by atoms with Crippen LogP contribution in [0.25, 0.3) is 0 Å². The van der Waals surface area contributed by atoms with Crippen molar-refractivity contribution in [3.05, 3.63) is 60.1 Å². The summed E-state index contributed by atoms with van der Waals surface area (Å²) in [7, 11) is 1.69. The molecule has 164 valence electrons. The second kappa shape index (κ2) is 11.7. The molecule has 1 aromatic heterocycles. The molecular weight excluding hydrogens is 406 g/mol. The number of carbonyl (C=O) groups is 2. The van der Waals surface area contributed by atoms with Crippen LogP contribution in [-0.4, -0.2) is 51.2 Å². The molecule has 7 nitrogen and oxygen atoms in total. The molecule has 2 amide bonds. The number of benzene rings is 1. The minimum Gasteiger partial charge on any atom is -0.459 e. The van der Waals surface area contributed by atoms with Gasteiger partial charge >= 0.3 is 0 Å². The summed E-state index contributed by atoms with van der Waals surface area (Å²) in [6, 6.07) is 12.2. The van der Waals surface area contributed by atoms with Crippen LogP contribution in [0.15, 0.2) is 53.1 Å². The summed E-state index contributed by atoms with van der Waals surface area (Å²) in [5.41, 5.74) is 0.888. The molecule has 0 aliphatic carbocycles. The number of carbonyl (C=O) groups excluding carboxylic acids is 2. The second-order valence-corrected chi connectivity index (χ2v) is 7.59. The molecule has 2 aromatic rings. The highest BCUT2D eigenvalue weighted by Gasteiger charge is 2.33. The number of rotatable bonds is 9. The predicted molar refractivity (Wildman–Crippen MR) is 117 cm³/mol. The first-order valence-electron chi connectivity index (χ1n) is 9.98. The van der Waals surface area contributed by atoms with Crippen LogP contribution in [0.4, 0.5) is 0 Å². The Bertz CT molecular complexity index is 771. The third-order valence-electron chi connectivity index (χ3n) is 5.40. The van der Waals surface area contributed by atoms with E-state index in [0.29, 0.717) is 19.6 Å². The number of nitrogens with one attached hydrogen (secondary N) is 3. The van der Waals surface area contributed by atoms with Gasteiger partial charge in [-0.25, -0.2) is 0 Å². The van der Waals surface area contributed by atoms with Gasteiger partial charge in [0.15, 0.2) is 5.76 Å². The van der Waals surface area contributed by atoms with E-state index in [1.165, 1.54) is 6.26 Å². The lowest BCUT2D eigenvalue weighted by Gasteiger charge is -2.37. The highest BCUT2D eigenvalue weighted by Crippen LogP contribution is 2.28. The Labute approximate surface area is 183 Å². The van der Waals surface area contributed by atoms with E-state index in [-0.39, 0.29) is 29.5 Å². The number of ether oxygens (including phenoxy) is 1. The van der Waals surface area contributed by atoms with Crippen LogP contribution in [0.2, 0.25) is 0 Å². The lowest BCUT2D eigenvalue weighted by atomic mass is 9.79. The maximum absolute atomic E-state index is 13.0. The van der Waals surface area contributed by atoms with Gasteiger partial charge in [0, 0.05) is 25.5 Å². The van der Waals surface area contributed by atoms with Gasteiger partial charge in [0.25, 0.3) is 5.91 Å². The Kier molecular flexibility index (Phi) is 9.36. The van der Waals surface area contributed by atoms with Gasteiger partial charge in [0.05, 0.1) is 12.9 Å². The molecule has 2 heterocycles. The summed E-state index contributed by atoms with van der Waals surface area (Å²) in [5, 5.41) is 9.22. The molecule has 8 heteroatoms. The van der Waals surface area contributed by atoms with Gasteiger partial charge in [0.2, 0.25) is 5.91 Å². The first kappa shape index (κ1) is 23.9. The molecule has 30 heavy (non-hydrogen) atoms. The fourth-order valence-corrected chi connectivity index (χ4v) is 3.73. The highest BCUT2D eigenvalue weighted by molar-refractivity contribution is 5.95. The van der Waals surface area contributed by atoms with Crippen LogP contribution in [-0.2, 0) is 16.0 Å². The van der Waals surface area contributed by atoms with E-state index in [4.69, 9.17) is 9.15 Å². The molecule has 0 spiro atoms. The van der Waals surface area contributed by atoms with E-state index in [1.807, 2.05) is 30.3 Å². The summed E-state index contributed by atoms with van der Waals surface area (Å²) in [6.45, 7) is 2.92. The number of hydrogen-bond acceptors (Lipinski definition) is 5. The quantitative estimate of drug-likeness (QED) is 0.561. The van der Waals surface area contributed by atoms with E-state index in [1.54, 1.807) is 19.2 Å². The Morgan fingerprint density at radius 3 is 2.53 bits per heavy atom. The lowest BCUT2D eigenvalue weighted by Crippen LogP contribution is -2.52. The third-order valence-corrected chi connectivity index (χ3v) is 5.40. The largest absolute Gasteiger partial charge is 0.459 e. The van der Waals surface area contributed by atoms with Crippen molar-refractivity contribution in [1.82, 2.24) is 16.0 Å². The Morgan fingerprint density at radius 1 is 1.17 bits per heavy atom. The van der Waals surface area contributed by atoms with Crippen LogP contribution < -0.4 is 16.0 Å². The molecular formula is C22H30ClN3O4. The predicted octanol–water partition coefficient (Wildman–Crippen LogP) is 2.17. The van der Waals surface area contributed by atoms with Gasteiger partial charge in [-0.05, 0) is 43.6 Å². The summed E-state index contributed by atoms with van der Waals surface area (Å²) < 4.78 is 10.6. The standard InChI is InChI=1S/C22H29N3O4.ClH/c1-28-16-22(9-11-23-12-10-22)15-24-20(26)18(14-17-6-3-2-4-7-17)25-21(27)19-8-5-13-29-19;/h2-8,13,18,23H,9-12,14-16H2,1H3,(H,24,26)(H,25,27);1H. The molecule has 3 N–H and O–H groups in total. The van der Waals surface area contributed by atoms with Gasteiger partial charge in [-0.3, -0.25) is 9.59 Å². The normalized spacial score (nSPS) is 16.2. The van der Waals surface area contributed by atoms with Crippen molar-refractivity contribution >= 4 is 24.2 Å². The Balaban J connectivity index is 0.00000320. The van der Waals surface area contributed by atoms with Crippen LogP contribution in [0, 0.1) is 5.41 Å². The van der Waals surface area contributed by atoms with Crippen LogP contribution in [0.5, 0.6) is 0 Å². The average molecular weight is 436 g/mol. The van der Waals surface area contributed by atoms with Crippen molar-refractivity contribution in [2.75, 3.05) is 33.4 Å². The molecule has 1 aliphatic heterocycles. The molecule has 1 aliphatic rings. The van der Waals surface area contributed by atoms with Crippen molar-refractivity contribution in [1.29, 1.82) is 0 Å². The van der Waals surface area contributed by atoms with Crippen LogP contribution in [0.1, 0.15) is 29.0 Å². The number of hydrogen-bond donors (Lipinski definition) is 3.